The number of guanidine groups is 1. The molecule has 0 aliphatic carbocycles. The van der Waals surface area contributed by atoms with Crippen molar-refractivity contribution in [3.05, 3.63) is 17.5 Å². The Bertz CT molecular complexity index is 533. The molecule has 0 radical (unpaired) electrons. The molecule has 1 aromatic heterocycles. The van der Waals surface area contributed by atoms with Crippen molar-refractivity contribution in [2.45, 2.75) is 26.3 Å². The molecule has 6 nitrogen and oxygen atoms in total. The fourth-order valence-corrected chi connectivity index (χ4v) is 3.33. The molecule has 0 saturated carbocycles. The van der Waals surface area contributed by atoms with Gasteiger partial charge in [-0.2, -0.15) is 0 Å². The predicted octanol–water partition coefficient (Wildman–Crippen LogP) is 1.98. The molecule has 0 spiro atoms. The minimum atomic E-state index is -0.214. The van der Waals surface area contributed by atoms with Gasteiger partial charge >= 0.3 is 0 Å². The Morgan fingerprint density at radius 3 is 2.46 bits per heavy atom. The number of aliphatic imine (C=N–C) groups is 1. The lowest BCUT2D eigenvalue weighted by Gasteiger charge is -2.37. The summed E-state index contributed by atoms with van der Waals surface area (Å²) < 4.78 is 0. The van der Waals surface area contributed by atoms with E-state index in [-0.39, 0.29) is 42.0 Å². The van der Waals surface area contributed by atoms with Crippen LogP contribution in [0.15, 0.2) is 22.5 Å². The molecular weight excluding hydrogens is 437 g/mol. The molecule has 0 bridgehead atoms. The smallest absolute Gasteiger partial charge is 0.239 e. The van der Waals surface area contributed by atoms with Crippen molar-refractivity contribution in [1.82, 2.24) is 15.5 Å². The van der Waals surface area contributed by atoms with Gasteiger partial charge < -0.3 is 20.4 Å². The second kappa shape index (κ2) is 9.45. The summed E-state index contributed by atoms with van der Waals surface area (Å²) in [6.45, 7) is 9.91. The Kier molecular flexibility index (Phi) is 8.28. The number of thiophene rings is 1. The average Bonchev–Trinajstić information content (AvgIpc) is 3.01. The van der Waals surface area contributed by atoms with E-state index in [9.17, 15) is 4.79 Å². The van der Waals surface area contributed by atoms with Crippen molar-refractivity contribution in [3.8, 4) is 0 Å². The van der Waals surface area contributed by atoms with Crippen LogP contribution in [-0.4, -0.2) is 62.1 Å². The van der Waals surface area contributed by atoms with Gasteiger partial charge in [0.25, 0.3) is 0 Å². The molecule has 1 saturated heterocycles. The SMILES string of the molecule is CN=C(NCC(=O)NC(C)(C)C)N1CCN(c2cccs2)CC1.I. The normalized spacial score (nSPS) is 15.8. The molecule has 2 rings (SSSR count). The van der Waals surface area contributed by atoms with Crippen molar-refractivity contribution < 1.29 is 4.79 Å². The van der Waals surface area contributed by atoms with Crippen molar-refractivity contribution in [2.24, 2.45) is 4.99 Å². The van der Waals surface area contributed by atoms with Gasteiger partial charge in [-0.15, -0.1) is 35.3 Å². The monoisotopic (exact) mass is 465 g/mol. The summed E-state index contributed by atoms with van der Waals surface area (Å²) in [4.78, 5) is 20.8. The molecule has 2 N–H and O–H groups in total. The molecule has 2 heterocycles. The van der Waals surface area contributed by atoms with Crippen LogP contribution in [0.2, 0.25) is 0 Å². The minimum absolute atomic E-state index is 0. The number of halogens is 1. The summed E-state index contributed by atoms with van der Waals surface area (Å²) in [7, 11) is 1.76. The minimum Gasteiger partial charge on any atom is -0.360 e. The van der Waals surface area contributed by atoms with E-state index in [0.29, 0.717) is 0 Å². The van der Waals surface area contributed by atoms with Gasteiger partial charge in [0.1, 0.15) is 0 Å². The van der Waals surface area contributed by atoms with Crippen LogP contribution >= 0.6 is 35.3 Å². The van der Waals surface area contributed by atoms with E-state index >= 15 is 0 Å². The van der Waals surface area contributed by atoms with E-state index in [2.05, 4.69) is 42.9 Å². The molecule has 0 unspecified atom stereocenters. The second-order valence-electron chi connectivity index (χ2n) is 6.62. The van der Waals surface area contributed by atoms with E-state index in [1.54, 1.807) is 18.4 Å². The van der Waals surface area contributed by atoms with E-state index in [0.717, 1.165) is 32.1 Å². The van der Waals surface area contributed by atoms with E-state index in [4.69, 9.17) is 0 Å². The average molecular weight is 465 g/mol. The molecule has 8 heteroatoms. The van der Waals surface area contributed by atoms with E-state index in [1.807, 2.05) is 20.8 Å². The number of piperazine rings is 1. The first kappa shape index (κ1) is 21.0. The zero-order valence-corrected chi connectivity index (χ0v) is 18.0. The summed E-state index contributed by atoms with van der Waals surface area (Å²) in [5, 5.41) is 9.53. The topological polar surface area (TPSA) is 60.0 Å². The molecule has 1 fully saturated rings. The lowest BCUT2D eigenvalue weighted by Crippen LogP contribution is -2.54. The van der Waals surface area contributed by atoms with Crippen LogP contribution in [0.5, 0.6) is 0 Å². The number of carbonyl (C=O) groups is 1. The number of amides is 1. The highest BCUT2D eigenvalue weighted by molar-refractivity contribution is 14.0. The highest BCUT2D eigenvalue weighted by atomic mass is 127. The number of anilines is 1. The Balaban J connectivity index is 0.00000288. The summed E-state index contributed by atoms with van der Waals surface area (Å²) in [6, 6.07) is 4.24. The molecule has 1 aromatic rings. The first-order valence-electron chi connectivity index (χ1n) is 7.94. The zero-order chi connectivity index (χ0) is 16.9. The summed E-state index contributed by atoms with van der Waals surface area (Å²) in [5.41, 5.74) is -0.214. The fraction of sp³-hybridized carbons (Fsp3) is 0.625. The molecule has 1 aliphatic heterocycles. The Morgan fingerprint density at radius 1 is 1.29 bits per heavy atom. The second-order valence-corrected chi connectivity index (χ2v) is 7.55. The number of carbonyl (C=O) groups excluding carboxylic acids is 1. The standard InChI is InChI=1S/C16H27N5OS.HI/c1-16(2,3)19-13(22)12-18-15(17-4)21-9-7-20(8-10-21)14-6-5-11-23-14;/h5-6,11H,7-10,12H2,1-4H3,(H,17,18)(H,19,22);1H. The number of hydrogen-bond acceptors (Lipinski definition) is 4. The third-order valence-corrected chi connectivity index (χ3v) is 4.46. The van der Waals surface area contributed by atoms with Gasteiger partial charge in [0.15, 0.2) is 5.96 Å². The molecule has 1 aliphatic rings. The van der Waals surface area contributed by atoms with Crippen LogP contribution in [0.4, 0.5) is 5.00 Å². The maximum atomic E-state index is 11.9. The van der Waals surface area contributed by atoms with Gasteiger partial charge in [0, 0.05) is 38.8 Å². The fourth-order valence-electron chi connectivity index (χ4n) is 2.54. The Morgan fingerprint density at radius 2 is 1.96 bits per heavy atom. The van der Waals surface area contributed by atoms with Gasteiger partial charge in [-0.1, -0.05) is 0 Å². The maximum Gasteiger partial charge on any atom is 0.239 e. The molecule has 0 aromatic carbocycles. The predicted molar refractivity (Wildman–Crippen MR) is 113 cm³/mol. The van der Waals surface area contributed by atoms with Crippen molar-refractivity contribution in [1.29, 1.82) is 0 Å². The summed E-state index contributed by atoms with van der Waals surface area (Å²) in [5.74, 6) is 0.774. The van der Waals surface area contributed by atoms with Gasteiger partial charge in [-0.25, -0.2) is 0 Å². The van der Waals surface area contributed by atoms with E-state index in [1.165, 1.54) is 5.00 Å². The van der Waals surface area contributed by atoms with Gasteiger partial charge in [-0.3, -0.25) is 9.79 Å². The molecule has 136 valence electrons. The van der Waals surface area contributed by atoms with Gasteiger partial charge in [-0.05, 0) is 38.3 Å². The Hall–Kier alpha value is -1.03. The number of hydrogen-bond donors (Lipinski definition) is 2. The summed E-state index contributed by atoms with van der Waals surface area (Å²) in [6.07, 6.45) is 0. The molecular formula is C16H28IN5OS. The first-order valence-corrected chi connectivity index (χ1v) is 8.82. The third kappa shape index (κ3) is 6.46. The van der Waals surface area contributed by atoms with Crippen LogP contribution in [0.1, 0.15) is 20.8 Å². The quantitative estimate of drug-likeness (QED) is 0.407. The first-order chi connectivity index (χ1) is 10.9. The van der Waals surface area contributed by atoms with Crippen molar-refractivity contribution in [3.63, 3.8) is 0 Å². The lowest BCUT2D eigenvalue weighted by molar-refractivity contribution is -0.121. The summed E-state index contributed by atoms with van der Waals surface area (Å²) >= 11 is 1.77. The molecule has 1 amide bonds. The molecule has 0 atom stereocenters. The number of rotatable bonds is 3. The zero-order valence-electron chi connectivity index (χ0n) is 14.8. The van der Waals surface area contributed by atoms with E-state index < -0.39 is 0 Å². The Labute approximate surface area is 165 Å². The van der Waals surface area contributed by atoms with Crippen LogP contribution in [-0.2, 0) is 4.79 Å². The lowest BCUT2D eigenvalue weighted by atomic mass is 10.1. The van der Waals surface area contributed by atoms with Crippen LogP contribution in [0.3, 0.4) is 0 Å². The van der Waals surface area contributed by atoms with Crippen LogP contribution in [0.25, 0.3) is 0 Å². The van der Waals surface area contributed by atoms with Crippen LogP contribution < -0.4 is 15.5 Å². The highest BCUT2D eigenvalue weighted by Gasteiger charge is 2.21. The van der Waals surface area contributed by atoms with Crippen molar-refractivity contribution in [2.75, 3.05) is 44.7 Å². The molecule has 24 heavy (non-hydrogen) atoms. The van der Waals surface area contributed by atoms with Crippen LogP contribution in [0, 0.1) is 0 Å². The maximum absolute atomic E-state index is 11.9. The van der Waals surface area contributed by atoms with Crippen molar-refractivity contribution >= 4 is 52.2 Å². The van der Waals surface area contributed by atoms with Gasteiger partial charge in [0.2, 0.25) is 5.91 Å². The number of nitrogens with zero attached hydrogens (tertiary/aromatic N) is 3. The van der Waals surface area contributed by atoms with Gasteiger partial charge in [0.05, 0.1) is 11.5 Å². The third-order valence-electron chi connectivity index (χ3n) is 3.53. The largest absolute Gasteiger partial charge is 0.360 e. The highest BCUT2D eigenvalue weighted by Crippen LogP contribution is 2.22. The number of nitrogens with one attached hydrogen (secondary N) is 2.